The second-order valence-electron chi connectivity index (χ2n) is 6.43. The predicted molar refractivity (Wildman–Crippen MR) is 77.3 cm³/mol. The quantitative estimate of drug-likeness (QED) is 0.696. The molecule has 0 radical (unpaired) electrons. The molecule has 2 atom stereocenters. The van der Waals surface area contributed by atoms with Gasteiger partial charge >= 0.3 is 0 Å². The summed E-state index contributed by atoms with van der Waals surface area (Å²) < 4.78 is 4.97. The first kappa shape index (κ1) is 15.2. The van der Waals surface area contributed by atoms with Gasteiger partial charge in [-0.05, 0) is 45.2 Å². The highest BCUT2D eigenvalue weighted by atomic mass is 16.5. The molecular formula is C15H30N2O2. The van der Waals surface area contributed by atoms with Crippen LogP contribution in [0.2, 0.25) is 0 Å². The van der Waals surface area contributed by atoms with Crippen LogP contribution in [0.15, 0.2) is 0 Å². The van der Waals surface area contributed by atoms with Crippen LogP contribution < -0.4 is 5.32 Å². The van der Waals surface area contributed by atoms with E-state index < -0.39 is 0 Å². The van der Waals surface area contributed by atoms with Gasteiger partial charge in [-0.15, -0.1) is 0 Å². The van der Waals surface area contributed by atoms with Gasteiger partial charge in [0.1, 0.15) is 0 Å². The summed E-state index contributed by atoms with van der Waals surface area (Å²) in [4.78, 5) is 2.35. The van der Waals surface area contributed by atoms with Gasteiger partial charge in [0.15, 0.2) is 0 Å². The largest absolute Gasteiger partial charge is 0.389 e. The van der Waals surface area contributed by atoms with Crippen LogP contribution in [0.4, 0.5) is 0 Å². The lowest BCUT2D eigenvalue weighted by atomic mass is 10.0. The Bertz CT molecular complexity index is 251. The average molecular weight is 270 g/mol. The van der Waals surface area contributed by atoms with Gasteiger partial charge in [-0.25, -0.2) is 0 Å². The standard InChI is InChI=1S/C15H30N2O2/c1-12(9-13-3-4-13)16-14-5-7-17(8-6-14)10-15(18)11-19-2/h12-16,18H,3-11H2,1-2H3. The van der Waals surface area contributed by atoms with Crippen LogP contribution in [0.5, 0.6) is 0 Å². The molecule has 2 unspecified atom stereocenters. The lowest BCUT2D eigenvalue weighted by Crippen LogP contribution is -2.47. The molecule has 1 saturated carbocycles. The molecule has 0 amide bonds. The maximum absolute atomic E-state index is 9.74. The Hall–Kier alpha value is -0.160. The monoisotopic (exact) mass is 270 g/mol. The Balaban J connectivity index is 1.58. The third-order valence-corrected chi connectivity index (χ3v) is 4.32. The number of β-amino-alcohol motifs (C(OH)–C–C–N with tert-alkyl or cyclic N) is 1. The van der Waals surface area contributed by atoms with Crippen molar-refractivity contribution in [2.45, 2.75) is 57.2 Å². The number of hydrogen-bond acceptors (Lipinski definition) is 4. The zero-order valence-corrected chi connectivity index (χ0v) is 12.5. The zero-order valence-electron chi connectivity index (χ0n) is 12.5. The van der Waals surface area contributed by atoms with Crippen molar-refractivity contribution in [2.24, 2.45) is 5.92 Å². The van der Waals surface area contributed by atoms with Crippen LogP contribution >= 0.6 is 0 Å². The van der Waals surface area contributed by atoms with Gasteiger partial charge in [0.2, 0.25) is 0 Å². The number of likely N-dealkylation sites (tertiary alicyclic amines) is 1. The first-order valence-electron chi connectivity index (χ1n) is 7.82. The van der Waals surface area contributed by atoms with Gasteiger partial charge in [0.05, 0.1) is 12.7 Å². The van der Waals surface area contributed by atoms with E-state index in [1.54, 1.807) is 7.11 Å². The minimum absolute atomic E-state index is 0.344. The second kappa shape index (κ2) is 7.58. The molecule has 2 rings (SSSR count). The van der Waals surface area contributed by atoms with Crippen molar-refractivity contribution in [1.29, 1.82) is 0 Å². The molecule has 0 aromatic rings. The van der Waals surface area contributed by atoms with Gasteiger partial charge in [-0.1, -0.05) is 12.8 Å². The molecule has 1 aliphatic heterocycles. The number of hydrogen-bond donors (Lipinski definition) is 2. The minimum atomic E-state index is -0.344. The fraction of sp³-hybridized carbons (Fsp3) is 1.00. The van der Waals surface area contributed by atoms with Crippen molar-refractivity contribution in [2.75, 3.05) is 33.4 Å². The third-order valence-electron chi connectivity index (χ3n) is 4.32. The first-order valence-corrected chi connectivity index (χ1v) is 7.82. The molecule has 1 saturated heterocycles. The van der Waals surface area contributed by atoms with E-state index in [4.69, 9.17) is 4.74 Å². The molecule has 0 spiro atoms. The molecule has 1 aliphatic carbocycles. The van der Waals surface area contributed by atoms with Crippen molar-refractivity contribution < 1.29 is 9.84 Å². The molecule has 1 heterocycles. The molecule has 2 N–H and O–H groups in total. The van der Waals surface area contributed by atoms with Crippen molar-refractivity contribution >= 4 is 0 Å². The van der Waals surface area contributed by atoms with Crippen molar-refractivity contribution in [1.82, 2.24) is 10.2 Å². The molecule has 112 valence electrons. The number of piperidine rings is 1. The van der Waals surface area contributed by atoms with Crippen LogP contribution in [0.25, 0.3) is 0 Å². The Labute approximate surface area is 117 Å². The summed E-state index contributed by atoms with van der Waals surface area (Å²) in [5, 5.41) is 13.5. The van der Waals surface area contributed by atoms with Crippen LogP contribution in [0, 0.1) is 5.92 Å². The number of aliphatic hydroxyl groups is 1. The number of methoxy groups -OCH3 is 1. The van der Waals surface area contributed by atoms with Gasteiger partial charge in [-0.3, -0.25) is 0 Å². The molecule has 0 aromatic carbocycles. The van der Waals surface area contributed by atoms with Crippen LogP contribution in [-0.4, -0.2) is 61.5 Å². The highest BCUT2D eigenvalue weighted by Gasteiger charge is 2.26. The summed E-state index contributed by atoms with van der Waals surface area (Å²) >= 11 is 0. The number of rotatable bonds is 8. The molecule has 0 bridgehead atoms. The summed E-state index contributed by atoms with van der Waals surface area (Å²) in [7, 11) is 1.64. The van der Waals surface area contributed by atoms with Crippen molar-refractivity contribution in [3.63, 3.8) is 0 Å². The van der Waals surface area contributed by atoms with Gasteiger partial charge < -0.3 is 20.1 Å². The van der Waals surface area contributed by atoms with Crippen LogP contribution in [-0.2, 0) is 4.74 Å². The summed E-state index contributed by atoms with van der Waals surface area (Å²) in [5.41, 5.74) is 0. The highest BCUT2D eigenvalue weighted by molar-refractivity contribution is 4.83. The average Bonchev–Trinajstić information content (AvgIpc) is 3.16. The third kappa shape index (κ3) is 5.78. The van der Waals surface area contributed by atoms with Gasteiger partial charge in [-0.2, -0.15) is 0 Å². The maximum Gasteiger partial charge on any atom is 0.0900 e. The number of ether oxygens (including phenoxy) is 1. The minimum Gasteiger partial charge on any atom is -0.389 e. The van der Waals surface area contributed by atoms with Gasteiger partial charge in [0, 0.05) is 25.7 Å². The van der Waals surface area contributed by atoms with Crippen molar-refractivity contribution in [3.05, 3.63) is 0 Å². The SMILES string of the molecule is COCC(O)CN1CCC(NC(C)CC2CC2)CC1. The molecule has 0 aromatic heterocycles. The maximum atomic E-state index is 9.74. The highest BCUT2D eigenvalue weighted by Crippen LogP contribution is 2.33. The predicted octanol–water partition coefficient (Wildman–Crippen LogP) is 1.24. The Kier molecular flexibility index (Phi) is 6.07. The van der Waals surface area contributed by atoms with E-state index in [9.17, 15) is 5.11 Å². The van der Waals surface area contributed by atoms with E-state index in [1.807, 2.05) is 0 Å². The summed E-state index contributed by atoms with van der Waals surface area (Å²) in [5.74, 6) is 1.01. The first-order chi connectivity index (χ1) is 9.17. The Morgan fingerprint density at radius 3 is 2.53 bits per heavy atom. The molecule has 2 aliphatic rings. The smallest absolute Gasteiger partial charge is 0.0900 e. The lowest BCUT2D eigenvalue weighted by molar-refractivity contribution is 0.0307. The molecule has 2 fully saturated rings. The molecule has 19 heavy (non-hydrogen) atoms. The zero-order chi connectivity index (χ0) is 13.7. The molecule has 4 heteroatoms. The van der Waals surface area contributed by atoms with Crippen LogP contribution in [0.3, 0.4) is 0 Å². The van der Waals surface area contributed by atoms with E-state index in [-0.39, 0.29) is 6.10 Å². The number of nitrogens with one attached hydrogen (secondary N) is 1. The fourth-order valence-corrected chi connectivity index (χ4v) is 3.15. The van der Waals surface area contributed by atoms with E-state index >= 15 is 0 Å². The topological polar surface area (TPSA) is 44.7 Å². The number of aliphatic hydroxyl groups excluding tert-OH is 1. The molecule has 4 nitrogen and oxygen atoms in total. The summed E-state index contributed by atoms with van der Waals surface area (Å²) in [6.07, 6.45) is 6.31. The van der Waals surface area contributed by atoms with E-state index in [0.717, 1.165) is 25.6 Å². The Morgan fingerprint density at radius 1 is 1.26 bits per heavy atom. The van der Waals surface area contributed by atoms with E-state index in [0.29, 0.717) is 18.7 Å². The van der Waals surface area contributed by atoms with Crippen LogP contribution in [0.1, 0.15) is 39.0 Å². The van der Waals surface area contributed by atoms with E-state index in [1.165, 1.54) is 32.1 Å². The normalized spacial score (nSPS) is 25.4. The fourth-order valence-electron chi connectivity index (χ4n) is 3.15. The van der Waals surface area contributed by atoms with Gasteiger partial charge in [0.25, 0.3) is 0 Å². The second-order valence-corrected chi connectivity index (χ2v) is 6.43. The van der Waals surface area contributed by atoms with Crippen molar-refractivity contribution in [3.8, 4) is 0 Å². The summed E-state index contributed by atoms with van der Waals surface area (Å²) in [6, 6.07) is 1.34. The lowest BCUT2D eigenvalue weighted by Gasteiger charge is -2.34. The number of nitrogens with zero attached hydrogens (tertiary/aromatic N) is 1. The summed E-state index contributed by atoms with van der Waals surface area (Å²) in [6.45, 7) is 5.70. The molecular weight excluding hydrogens is 240 g/mol. The van der Waals surface area contributed by atoms with E-state index in [2.05, 4.69) is 17.1 Å². The Morgan fingerprint density at radius 2 is 1.95 bits per heavy atom.